The summed E-state index contributed by atoms with van der Waals surface area (Å²) in [6.45, 7) is 0.158. The largest absolute Gasteiger partial charge is 0.533 e. The molecule has 2 fully saturated rings. The molecule has 0 radical (unpaired) electrons. The number of amides is 4. The Morgan fingerprint density at radius 2 is 0.897 bits per heavy atom. The zero-order valence-electron chi connectivity index (χ0n) is 15.8. The molecule has 160 valence electrons. The van der Waals surface area contributed by atoms with Crippen LogP contribution in [0.3, 0.4) is 0 Å². The van der Waals surface area contributed by atoms with Gasteiger partial charge in [0.25, 0.3) is 23.6 Å². The molecule has 2 aliphatic rings. The van der Waals surface area contributed by atoms with Gasteiger partial charge < -0.3 is 9.47 Å². The molecular formula is C17H22N2O10. The third-order valence-corrected chi connectivity index (χ3v) is 4.07. The van der Waals surface area contributed by atoms with Crippen molar-refractivity contribution < 1.29 is 47.9 Å². The van der Waals surface area contributed by atoms with E-state index in [2.05, 4.69) is 9.68 Å². The number of unbranched alkanes of at least 4 members (excludes halogenated alkanes) is 4. The third kappa shape index (κ3) is 7.05. The topological polar surface area (TPSA) is 146 Å². The molecule has 2 heterocycles. The van der Waals surface area contributed by atoms with Gasteiger partial charge in [0.2, 0.25) is 0 Å². The van der Waals surface area contributed by atoms with Gasteiger partial charge in [-0.15, -0.1) is 0 Å². The van der Waals surface area contributed by atoms with E-state index in [1.165, 1.54) is 0 Å². The van der Waals surface area contributed by atoms with Gasteiger partial charge >= 0.3 is 12.3 Å². The molecule has 2 aliphatic heterocycles. The Morgan fingerprint density at radius 1 is 0.586 bits per heavy atom. The number of imide groups is 2. The van der Waals surface area contributed by atoms with Crippen molar-refractivity contribution in [2.24, 2.45) is 0 Å². The number of hydroxylamine groups is 4. The van der Waals surface area contributed by atoms with Crippen LogP contribution in [0.1, 0.15) is 57.8 Å². The molecule has 0 N–H and O–H groups in total. The fourth-order valence-corrected chi connectivity index (χ4v) is 2.56. The monoisotopic (exact) mass is 414 g/mol. The Kier molecular flexibility index (Phi) is 8.37. The zero-order chi connectivity index (χ0) is 21.2. The quantitative estimate of drug-likeness (QED) is 0.292. The van der Waals surface area contributed by atoms with Crippen LogP contribution < -0.4 is 0 Å². The zero-order valence-corrected chi connectivity index (χ0v) is 15.8. The van der Waals surface area contributed by atoms with Crippen molar-refractivity contribution in [3.05, 3.63) is 0 Å². The summed E-state index contributed by atoms with van der Waals surface area (Å²) in [6, 6.07) is 0. The van der Waals surface area contributed by atoms with Crippen molar-refractivity contribution >= 4 is 35.9 Å². The van der Waals surface area contributed by atoms with Crippen LogP contribution in [-0.2, 0) is 38.3 Å². The molecule has 0 aromatic carbocycles. The minimum atomic E-state index is -1.10. The highest BCUT2D eigenvalue weighted by Gasteiger charge is 2.34. The average molecular weight is 414 g/mol. The van der Waals surface area contributed by atoms with Gasteiger partial charge in [-0.05, 0) is 12.8 Å². The van der Waals surface area contributed by atoms with Crippen LogP contribution in [0, 0.1) is 0 Å². The van der Waals surface area contributed by atoms with E-state index in [-0.39, 0.29) is 38.9 Å². The lowest BCUT2D eigenvalue weighted by molar-refractivity contribution is -0.177. The third-order valence-electron chi connectivity index (χ3n) is 4.07. The Balaban J connectivity index is 1.42. The lowest BCUT2D eigenvalue weighted by Crippen LogP contribution is -2.32. The lowest BCUT2D eigenvalue weighted by atomic mass is 10.1. The first kappa shape index (κ1) is 22.1. The standard InChI is InChI=1S/C17H22N2O10/c20-12-6-7-13(21)18(12)28-16(24)26-10-4-2-1-3-5-11-27-17(25)29-19-14(22)8-9-15(19)23/h1-11H2. The van der Waals surface area contributed by atoms with Gasteiger partial charge in [0.05, 0.1) is 13.2 Å². The van der Waals surface area contributed by atoms with Crippen molar-refractivity contribution in [2.75, 3.05) is 13.2 Å². The van der Waals surface area contributed by atoms with E-state index in [9.17, 15) is 28.8 Å². The van der Waals surface area contributed by atoms with E-state index < -0.39 is 35.9 Å². The summed E-state index contributed by atoms with van der Waals surface area (Å²) in [4.78, 5) is 77.0. The summed E-state index contributed by atoms with van der Waals surface area (Å²) in [5, 5.41) is 0.839. The SMILES string of the molecule is O=C(OCCCCCCCOC(=O)ON1C(=O)CCC1=O)ON1C(=O)CCC1=O. The Hall–Kier alpha value is -3.18. The first-order chi connectivity index (χ1) is 13.9. The molecule has 0 aliphatic carbocycles. The highest BCUT2D eigenvalue weighted by Crippen LogP contribution is 2.14. The van der Waals surface area contributed by atoms with E-state index in [0.29, 0.717) is 23.0 Å². The number of carbonyl (C=O) groups is 6. The normalized spacial score (nSPS) is 16.4. The summed E-state index contributed by atoms with van der Waals surface area (Å²) < 4.78 is 9.58. The van der Waals surface area contributed by atoms with Crippen molar-refractivity contribution in [3.63, 3.8) is 0 Å². The maximum atomic E-state index is 11.4. The molecule has 2 rings (SSSR count). The molecule has 0 unspecified atom stereocenters. The molecule has 0 atom stereocenters. The Morgan fingerprint density at radius 3 is 1.24 bits per heavy atom. The van der Waals surface area contributed by atoms with Gasteiger partial charge in [-0.25, -0.2) is 9.59 Å². The molecule has 0 spiro atoms. The van der Waals surface area contributed by atoms with E-state index >= 15 is 0 Å². The van der Waals surface area contributed by atoms with Crippen LogP contribution >= 0.6 is 0 Å². The van der Waals surface area contributed by atoms with Gasteiger partial charge in [-0.3, -0.25) is 28.9 Å². The molecule has 0 bridgehead atoms. The van der Waals surface area contributed by atoms with Gasteiger partial charge in [0.15, 0.2) is 0 Å². The number of hydrogen-bond acceptors (Lipinski definition) is 10. The van der Waals surface area contributed by atoms with Crippen LogP contribution in [0.25, 0.3) is 0 Å². The average Bonchev–Trinajstić information content (AvgIpc) is 3.16. The molecule has 29 heavy (non-hydrogen) atoms. The molecule has 0 aromatic heterocycles. The number of carbonyl (C=O) groups excluding carboxylic acids is 6. The van der Waals surface area contributed by atoms with E-state index in [1.807, 2.05) is 0 Å². The summed E-state index contributed by atoms with van der Waals surface area (Å²) >= 11 is 0. The number of nitrogens with zero attached hydrogens (tertiary/aromatic N) is 2. The maximum absolute atomic E-state index is 11.4. The van der Waals surface area contributed by atoms with Gasteiger partial charge in [0, 0.05) is 25.7 Å². The van der Waals surface area contributed by atoms with Crippen LogP contribution in [0.2, 0.25) is 0 Å². The van der Waals surface area contributed by atoms with E-state index in [0.717, 1.165) is 19.3 Å². The predicted molar refractivity (Wildman–Crippen MR) is 90.1 cm³/mol. The molecule has 0 aromatic rings. The van der Waals surface area contributed by atoms with E-state index in [1.54, 1.807) is 0 Å². The molecular weight excluding hydrogens is 392 g/mol. The fraction of sp³-hybridized carbons (Fsp3) is 0.647. The first-order valence-corrected chi connectivity index (χ1v) is 9.29. The minimum absolute atomic E-state index is 0.0159. The molecule has 0 saturated carbocycles. The number of ether oxygens (including phenoxy) is 2. The molecule has 2 saturated heterocycles. The minimum Gasteiger partial charge on any atom is -0.433 e. The second kappa shape index (κ2) is 11.0. The summed E-state index contributed by atoms with van der Waals surface area (Å²) in [5.74, 6) is -2.29. The summed E-state index contributed by atoms with van der Waals surface area (Å²) in [6.07, 6.45) is 1.22. The second-order valence-electron chi connectivity index (χ2n) is 6.31. The molecule has 12 nitrogen and oxygen atoms in total. The molecule has 12 heteroatoms. The number of rotatable bonds is 10. The molecule has 4 amide bonds. The lowest BCUT2D eigenvalue weighted by Gasteiger charge is -2.12. The van der Waals surface area contributed by atoms with Crippen LogP contribution in [-0.4, -0.2) is 59.3 Å². The number of hydrogen-bond donors (Lipinski definition) is 0. The van der Waals surface area contributed by atoms with Crippen LogP contribution in [0.5, 0.6) is 0 Å². The maximum Gasteiger partial charge on any atom is 0.533 e. The van der Waals surface area contributed by atoms with Crippen molar-refractivity contribution in [3.8, 4) is 0 Å². The van der Waals surface area contributed by atoms with E-state index in [4.69, 9.17) is 9.47 Å². The predicted octanol–water partition coefficient (Wildman–Crippen LogP) is 1.37. The van der Waals surface area contributed by atoms with Gasteiger partial charge in [-0.2, -0.15) is 0 Å². The van der Waals surface area contributed by atoms with Crippen LogP contribution in [0.4, 0.5) is 9.59 Å². The first-order valence-electron chi connectivity index (χ1n) is 9.29. The summed E-state index contributed by atoms with van der Waals surface area (Å²) in [7, 11) is 0. The van der Waals surface area contributed by atoms with Crippen molar-refractivity contribution in [1.29, 1.82) is 0 Å². The Labute approximate surface area is 165 Å². The van der Waals surface area contributed by atoms with Gasteiger partial charge in [-0.1, -0.05) is 29.4 Å². The fourth-order valence-electron chi connectivity index (χ4n) is 2.56. The second-order valence-corrected chi connectivity index (χ2v) is 6.31. The Bertz CT molecular complexity index is 589. The van der Waals surface area contributed by atoms with Crippen molar-refractivity contribution in [1.82, 2.24) is 10.1 Å². The highest BCUT2D eigenvalue weighted by molar-refractivity contribution is 6.01. The van der Waals surface area contributed by atoms with Gasteiger partial charge in [0.1, 0.15) is 0 Å². The van der Waals surface area contributed by atoms with Crippen LogP contribution in [0.15, 0.2) is 0 Å². The highest BCUT2D eigenvalue weighted by atomic mass is 16.8. The summed E-state index contributed by atoms with van der Waals surface area (Å²) in [5.41, 5.74) is 0. The van der Waals surface area contributed by atoms with Crippen molar-refractivity contribution in [2.45, 2.75) is 57.8 Å². The smallest absolute Gasteiger partial charge is 0.433 e.